The van der Waals surface area contributed by atoms with Crippen LogP contribution in [0.2, 0.25) is 0 Å². The first kappa shape index (κ1) is 11.9. The third-order valence-corrected chi connectivity index (χ3v) is 5.32. The van der Waals surface area contributed by atoms with Gasteiger partial charge in [0.05, 0.1) is 8.51 Å². The molecule has 0 bridgehead atoms. The molecular weight excluding hydrogens is 271 g/mol. The monoisotopic (exact) mass is 281 g/mol. The summed E-state index contributed by atoms with van der Waals surface area (Å²) in [5.41, 5.74) is 0.332. The molecule has 1 aliphatic rings. The van der Waals surface area contributed by atoms with Crippen molar-refractivity contribution in [3.05, 3.63) is 12.2 Å². The minimum Gasteiger partial charge on any atom is -0.428 e. The molecule has 16 heavy (non-hydrogen) atoms. The SMILES string of the molecule is C=C(C)C(=O)OC1COp2[nH]pn[pH]n2O1. The van der Waals surface area contributed by atoms with Crippen LogP contribution in [0.5, 0.6) is 0 Å². The summed E-state index contributed by atoms with van der Waals surface area (Å²) in [5.74, 6) is -0.483. The number of rotatable bonds is 2. The first-order valence-electron chi connectivity index (χ1n) is 4.34. The highest BCUT2D eigenvalue weighted by Gasteiger charge is 2.23. The summed E-state index contributed by atoms with van der Waals surface area (Å²) < 4.78 is 19.1. The van der Waals surface area contributed by atoms with Crippen LogP contribution in [-0.2, 0) is 9.53 Å². The maximum atomic E-state index is 11.3. The molecule has 88 valence electrons. The van der Waals surface area contributed by atoms with Crippen molar-refractivity contribution in [1.29, 1.82) is 0 Å². The van der Waals surface area contributed by atoms with Crippen molar-refractivity contribution in [2.75, 3.05) is 6.61 Å². The van der Waals surface area contributed by atoms with Gasteiger partial charge in [0, 0.05) is 5.57 Å². The average molecular weight is 281 g/mol. The lowest BCUT2D eigenvalue weighted by Crippen LogP contribution is -2.38. The molecule has 3 unspecified atom stereocenters. The van der Waals surface area contributed by atoms with Crippen molar-refractivity contribution in [3.63, 3.8) is 0 Å². The number of esters is 1. The molecule has 0 aliphatic carbocycles. The number of hydrogen-bond donors (Lipinski definition) is 1. The Morgan fingerprint density at radius 2 is 2.69 bits per heavy atom. The molecule has 1 aromatic heterocycles. The summed E-state index contributed by atoms with van der Waals surface area (Å²) in [5, 5.41) is 0. The third-order valence-electron chi connectivity index (χ3n) is 1.61. The van der Waals surface area contributed by atoms with E-state index in [1.54, 1.807) is 11.2 Å². The minimum atomic E-state index is -0.960. The number of fused-ring (bicyclic) bond motifs is 1. The second-order valence-corrected chi connectivity index (χ2v) is 6.91. The maximum absolute atomic E-state index is 11.3. The Labute approximate surface area is 95.8 Å². The molecule has 0 amide bonds. The van der Waals surface area contributed by atoms with Crippen LogP contribution in [0.15, 0.2) is 12.2 Å². The van der Waals surface area contributed by atoms with E-state index in [4.69, 9.17) is 14.1 Å². The Hall–Kier alpha value is -0.570. The largest absolute Gasteiger partial charge is 0.428 e. The topological polar surface area (TPSA) is 78.4 Å². The van der Waals surface area contributed by atoms with Gasteiger partial charge in [0.1, 0.15) is 15.1 Å². The van der Waals surface area contributed by atoms with Crippen LogP contribution in [0.4, 0.5) is 0 Å². The van der Waals surface area contributed by atoms with E-state index < -0.39 is 20.3 Å². The van der Waals surface area contributed by atoms with Crippen LogP contribution in [-0.4, -0.2) is 32.1 Å². The molecule has 2 heterocycles. The van der Waals surface area contributed by atoms with Gasteiger partial charge >= 0.3 is 5.97 Å². The van der Waals surface area contributed by atoms with Gasteiger partial charge in [0.2, 0.25) is 8.08 Å². The fourth-order valence-electron chi connectivity index (χ4n) is 0.899. The standard InChI is InChI=1S/C6H10N3O4P3/c1-4(2)6(10)12-5-3-11-16-8-14-7-15-9(16)13-5/h5,15H,1,3H2,2H3,(H,7,8). The molecular formula is C6H10N3O4P3. The van der Waals surface area contributed by atoms with E-state index >= 15 is 0 Å². The van der Waals surface area contributed by atoms with Gasteiger partial charge in [0.15, 0.2) is 0 Å². The third kappa shape index (κ3) is 2.76. The van der Waals surface area contributed by atoms with Crippen LogP contribution >= 0.6 is 25.1 Å². The number of H-pyrrole nitrogens is 1. The fraction of sp³-hybridized carbons (Fsp3) is 0.500. The number of hydrogen-bond acceptors (Lipinski definition) is 5. The Kier molecular flexibility index (Phi) is 3.85. The molecule has 3 atom stereocenters. The molecule has 1 aromatic rings. The lowest BCUT2D eigenvalue weighted by atomic mass is 10.4. The van der Waals surface area contributed by atoms with Gasteiger partial charge in [-0.25, -0.2) is 9.63 Å². The minimum absolute atomic E-state index is 0.160. The van der Waals surface area contributed by atoms with Crippen molar-refractivity contribution >= 4 is 31.1 Å². The summed E-state index contributed by atoms with van der Waals surface area (Å²) in [4.78, 5) is 16.7. The summed E-state index contributed by atoms with van der Waals surface area (Å²) in [6.07, 6.45) is -0.720. The quantitative estimate of drug-likeness (QED) is 0.652. The first-order chi connectivity index (χ1) is 7.66. The smallest absolute Gasteiger partial charge is 0.335 e. The normalized spacial score (nSPS) is 20.8. The number of nitrogens with zero attached hydrogens (tertiary/aromatic N) is 2. The van der Waals surface area contributed by atoms with E-state index in [2.05, 4.69) is 15.6 Å². The van der Waals surface area contributed by atoms with Crippen molar-refractivity contribution in [1.82, 2.24) is 13.3 Å². The lowest BCUT2D eigenvalue weighted by molar-refractivity contribution is -0.178. The maximum Gasteiger partial charge on any atom is 0.335 e. The second-order valence-electron chi connectivity index (χ2n) is 2.96. The summed E-state index contributed by atoms with van der Waals surface area (Å²) in [6.45, 7) is 5.29. The number of nitrogens with one attached hydrogen (secondary N) is 1. The highest BCUT2D eigenvalue weighted by Crippen LogP contribution is 2.27. The van der Waals surface area contributed by atoms with Gasteiger partial charge in [-0.1, -0.05) is 6.58 Å². The van der Waals surface area contributed by atoms with Gasteiger partial charge in [-0.05, 0) is 6.92 Å². The first-order valence-corrected chi connectivity index (χ1v) is 7.29. The van der Waals surface area contributed by atoms with E-state index in [0.29, 0.717) is 5.57 Å². The predicted octanol–water partition coefficient (Wildman–Crippen LogP) is 1.25. The van der Waals surface area contributed by atoms with E-state index in [0.717, 1.165) is 8.51 Å². The van der Waals surface area contributed by atoms with Crippen LogP contribution < -0.4 is 9.36 Å². The van der Waals surface area contributed by atoms with Gasteiger partial charge in [0.25, 0.3) is 6.29 Å². The van der Waals surface area contributed by atoms with Gasteiger partial charge in [-0.3, -0.25) is 9.03 Å². The summed E-state index contributed by atoms with van der Waals surface area (Å²) in [6, 6.07) is 0. The summed E-state index contributed by atoms with van der Waals surface area (Å²) in [7, 11) is -0.00407. The van der Waals surface area contributed by atoms with Crippen LogP contribution in [0.25, 0.3) is 0 Å². The van der Waals surface area contributed by atoms with Crippen LogP contribution in [0.1, 0.15) is 6.92 Å². The zero-order valence-corrected chi connectivity index (χ0v) is 11.2. The highest BCUT2D eigenvalue weighted by molar-refractivity contribution is 7.50. The Bertz CT molecular complexity index is 443. The second kappa shape index (κ2) is 5.17. The van der Waals surface area contributed by atoms with E-state index in [9.17, 15) is 4.79 Å². The lowest BCUT2D eigenvalue weighted by Gasteiger charge is -2.24. The number of aromatic nitrogens is 3. The van der Waals surface area contributed by atoms with Crippen molar-refractivity contribution in [2.24, 2.45) is 0 Å². The molecule has 0 fully saturated rings. The molecule has 0 radical (unpaired) electrons. The van der Waals surface area contributed by atoms with E-state index in [1.807, 2.05) is 0 Å². The summed E-state index contributed by atoms with van der Waals surface area (Å²) >= 11 is 0. The Morgan fingerprint density at radius 1 is 1.88 bits per heavy atom. The molecule has 7 nitrogen and oxygen atoms in total. The van der Waals surface area contributed by atoms with Gasteiger partial charge < -0.3 is 4.74 Å². The Morgan fingerprint density at radius 3 is 3.44 bits per heavy atom. The zero-order valence-electron chi connectivity index (χ0n) is 8.41. The molecule has 10 heteroatoms. The number of carbonyl (C=O) groups is 1. The number of carbonyl (C=O) groups excluding carboxylic acids is 1. The molecule has 1 N–H and O–H groups in total. The molecule has 0 aromatic carbocycles. The van der Waals surface area contributed by atoms with Gasteiger partial charge in [-0.15, -0.1) is 4.26 Å². The number of aromatic amines is 1. The molecule has 0 spiro atoms. The average Bonchev–Trinajstić information content (AvgIpc) is 2.28. The van der Waals surface area contributed by atoms with Crippen molar-refractivity contribution in [3.8, 4) is 0 Å². The van der Waals surface area contributed by atoms with Crippen LogP contribution in [0.3, 0.4) is 0 Å². The molecule has 0 saturated carbocycles. The zero-order chi connectivity index (χ0) is 11.5. The Balaban J connectivity index is 2.03. The highest BCUT2D eigenvalue weighted by atomic mass is 31.2. The molecule has 1 aliphatic heterocycles. The van der Waals surface area contributed by atoms with Crippen molar-refractivity contribution in [2.45, 2.75) is 13.2 Å². The van der Waals surface area contributed by atoms with Gasteiger partial charge in [-0.2, -0.15) is 4.51 Å². The van der Waals surface area contributed by atoms with Crippen LogP contribution in [0, 0.1) is 0 Å². The van der Waals surface area contributed by atoms with E-state index in [-0.39, 0.29) is 15.1 Å². The predicted molar refractivity (Wildman–Crippen MR) is 61.6 cm³/mol. The molecule has 0 saturated heterocycles. The van der Waals surface area contributed by atoms with Crippen molar-refractivity contribution < 1.29 is 18.9 Å². The number of ether oxygens (including phenoxy) is 1. The van der Waals surface area contributed by atoms with E-state index in [1.165, 1.54) is 0 Å². The fourth-order valence-corrected chi connectivity index (χ4v) is 4.81. The molecule has 2 rings (SSSR count).